The fourth-order valence-electron chi connectivity index (χ4n) is 3.06. The van der Waals surface area contributed by atoms with Crippen LogP contribution in [-0.4, -0.2) is 30.8 Å². The van der Waals surface area contributed by atoms with E-state index in [0.29, 0.717) is 25.1 Å². The number of halogens is 1. The number of aryl methyl sites for hydroxylation is 1. The van der Waals surface area contributed by atoms with Crippen molar-refractivity contribution in [1.29, 1.82) is 0 Å². The average Bonchev–Trinajstić information content (AvgIpc) is 2.64. The molecule has 110 valence electrons. The molecular weight excluding hydrogens is 271 g/mol. The Morgan fingerprint density at radius 2 is 2.24 bits per heavy atom. The van der Waals surface area contributed by atoms with Gasteiger partial charge in [-0.05, 0) is 31.5 Å². The number of aldehydes is 1. The minimum absolute atomic E-state index is 0.0247. The van der Waals surface area contributed by atoms with Gasteiger partial charge in [-0.15, -0.1) is 0 Å². The molecule has 4 nitrogen and oxygen atoms in total. The smallest absolute Gasteiger partial charge is 0.229 e. The van der Waals surface area contributed by atoms with Crippen LogP contribution < -0.4 is 10.2 Å². The van der Waals surface area contributed by atoms with E-state index in [4.69, 9.17) is 0 Å². The molecule has 1 aromatic rings. The van der Waals surface area contributed by atoms with Gasteiger partial charge in [-0.3, -0.25) is 9.59 Å². The highest BCUT2D eigenvalue weighted by molar-refractivity contribution is 5.88. The van der Waals surface area contributed by atoms with Crippen molar-refractivity contribution in [2.45, 2.75) is 19.4 Å². The highest BCUT2D eigenvalue weighted by atomic mass is 19.1. The number of hydrogen-bond donors (Lipinski definition) is 1. The van der Waals surface area contributed by atoms with E-state index in [-0.39, 0.29) is 17.4 Å². The van der Waals surface area contributed by atoms with Crippen molar-refractivity contribution in [3.63, 3.8) is 0 Å². The second-order valence-corrected chi connectivity index (χ2v) is 6.05. The maximum absolute atomic E-state index is 14.0. The SMILES string of the molecule is Cc1cc(F)c(C=O)c(N2C[C@@H]3C=CC(C)(C2)NC3=O)c1. The Bertz CT molecular complexity index is 656. The van der Waals surface area contributed by atoms with Crippen molar-refractivity contribution in [1.82, 2.24) is 5.32 Å². The van der Waals surface area contributed by atoms with Crippen LogP contribution in [0.3, 0.4) is 0 Å². The van der Waals surface area contributed by atoms with E-state index in [1.165, 1.54) is 6.07 Å². The number of carbonyl (C=O) groups is 2. The van der Waals surface area contributed by atoms with Crippen LogP contribution in [0.5, 0.6) is 0 Å². The largest absolute Gasteiger partial charge is 0.367 e. The van der Waals surface area contributed by atoms with E-state index >= 15 is 0 Å². The molecule has 1 saturated heterocycles. The monoisotopic (exact) mass is 288 g/mol. The normalized spacial score (nSPS) is 27.5. The Kier molecular flexibility index (Phi) is 3.08. The summed E-state index contributed by atoms with van der Waals surface area (Å²) in [6, 6.07) is 3.15. The van der Waals surface area contributed by atoms with Gasteiger partial charge in [0.2, 0.25) is 5.91 Å². The molecule has 5 heteroatoms. The Morgan fingerprint density at radius 3 is 2.90 bits per heavy atom. The molecule has 0 aromatic heterocycles. The maximum Gasteiger partial charge on any atom is 0.229 e. The molecule has 0 radical (unpaired) electrons. The topological polar surface area (TPSA) is 49.4 Å². The Hall–Kier alpha value is -2.17. The molecule has 21 heavy (non-hydrogen) atoms. The fraction of sp³-hybridized carbons (Fsp3) is 0.375. The molecule has 1 amide bonds. The summed E-state index contributed by atoms with van der Waals surface area (Å²) < 4.78 is 14.0. The molecule has 3 aliphatic heterocycles. The zero-order valence-corrected chi connectivity index (χ0v) is 12.0. The van der Waals surface area contributed by atoms with E-state index in [1.54, 1.807) is 13.0 Å². The van der Waals surface area contributed by atoms with Crippen LogP contribution in [-0.2, 0) is 4.79 Å². The third-order valence-electron chi connectivity index (χ3n) is 4.09. The van der Waals surface area contributed by atoms with Gasteiger partial charge >= 0.3 is 0 Å². The van der Waals surface area contributed by atoms with Crippen LogP contribution in [0, 0.1) is 18.7 Å². The summed E-state index contributed by atoms with van der Waals surface area (Å²) in [7, 11) is 0. The van der Waals surface area contributed by atoms with E-state index in [0.717, 1.165) is 5.56 Å². The molecule has 3 aliphatic rings. The number of nitrogens with zero attached hydrogens (tertiary/aromatic N) is 1. The fourth-order valence-corrected chi connectivity index (χ4v) is 3.06. The first kappa shape index (κ1) is 13.8. The zero-order chi connectivity index (χ0) is 15.2. The summed E-state index contributed by atoms with van der Waals surface area (Å²) in [6.07, 6.45) is 4.42. The van der Waals surface area contributed by atoms with Crippen LogP contribution in [0.2, 0.25) is 0 Å². The quantitative estimate of drug-likeness (QED) is 0.667. The Morgan fingerprint density at radius 1 is 1.48 bits per heavy atom. The summed E-state index contributed by atoms with van der Waals surface area (Å²) in [4.78, 5) is 25.2. The summed E-state index contributed by atoms with van der Waals surface area (Å²) in [5.41, 5.74) is 0.865. The number of nitrogens with one attached hydrogen (secondary N) is 1. The van der Waals surface area contributed by atoms with Crippen molar-refractivity contribution < 1.29 is 14.0 Å². The molecule has 1 aromatic carbocycles. The number of anilines is 1. The highest BCUT2D eigenvalue weighted by Gasteiger charge is 2.39. The van der Waals surface area contributed by atoms with Crippen molar-refractivity contribution in [2.24, 2.45) is 5.92 Å². The predicted octanol–water partition coefficient (Wildman–Crippen LogP) is 1.83. The Balaban J connectivity index is 2.06. The van der Waals surface area contributed by atoms with Crippen LogP contribution >= 0.6 is 0 Å². The molecule has 4 rings (SSSR count). The minimum Gasteiger partial charge on any atom is -0.367 e. The first-order chi connectivity index (χ1) is 9.92. The second-order valence-electron chi connectivity index (χ2n) is 6.05. The number of benzene rings is 1. The van der Waals surface area contributed by atoms with E-state index in [1.807, 2.05) is 24.0 Å². The molecule has 3 heterocycles. The lowest BCUT2D eigenvalue weighted by Gasteiger charge is -2.32. The molecular formula is C16H17FN2O2. The van der Waals surface area contributed by atoms with Crippen LogP contribution in [0.25, 0.3) is 0 Å². The summed E-state index contributed by atoms with van der Waals surface area (Å²) in [6.45, 7) is 4.66. The molecule has 0 aliphatic carbocycles. The number of rotatable bonds is 2. The van der Waals surface area contributed by atoms with Gasteiger partial charge in [0.1, 0.15) is 5.82 Å². The van der Waals surface area contributed by atoms with Gasteiger partial charge < -0.3 is 10.2 Å². The third kappa shape index (κ3) is 2.33. The zero-order valence-electron chi connectivity index (χ0n) is 12.0. The van der Waals surface area contributed by atoms with Gasteiger partial charge in [0.25, 0.3) is 0 Å². The molecule has 2 atom stereocenters. The number of hydrogen-bond acceptors (Lipinski definition) is 3. The standard InChI is InChI=1S/C16H17FN2O2/c1-10-5-13(17)12(8-20)14(6-10)19-7-11-3-4-16(2,9-19)18-15(11)21/h3-6,8,11H,7,9H2,1-2H3,(H,18,21)/t11-,16?/m0/s1. The average molecular weight is 288 g/mol. The van der Waals surface area contributed by atoms with Gasteiger partial charge in [0, 0.05) is 13.1 Å². The lowest BCUT2D eigenvalue weighted by Crippen LogP contribution is -2.51. The number of amides is 1. The lowest BCUT2D eigenvalue weighted by molar-refractivity contribution is -0.124. The van der Waals surface area contributed by atoms with Crippen LogP contribution in [0.4, 0.5) is 10.1 Å². The first-order valence-electron chi connectivity index (χ1n) is 6.93. The summed E-state index contributed by atoms with van der Waals surface area (Å²) in [5, 5.41) is 2.97. The number of fused-ring (bicyclic) bond motifs is 3. The predicted molar refractivity (Wildman–Crippen MR) is 77.9 cm³/mol. The van der Waals surface area contributed by atoms with Crippen molar-refractivity contribution >= 4 is 17.9 Å². The van der Waals surface area contributed by atoms with Crippen LogP contribution in [0.1, 0.15) is 22.8 Å². The van der Waals surface area contributed by atoms with Crippen molar-refractivity contribution in [2.75, 3.05) is 18.0 Å². The van der Waals surface area contributed by atoms with Crippen molar-refractivity contribution in [3.05, 3.63) is 41.2 Å². The summed E-state index contributed by atoms with van der Waals surface area (Å²) in [5.74, 6) is -0.819. The van der Waals surface area contributed by atoms with Crippen molar-refractivity contribution in [3.8, 4) is 0 Å². The summed E-state index contributed by atoms with van der Waals surface area (Å²) >= 11 is 0. The van der Waals surface area contributed by atoms with E-state index in [9.17, 15) is 14.0 Å². The minimum atomic E-state index is -0.519. The van der Waals surface area contributed by atoms with Gasteiger partial charge in [-0.2, -0.15) is 0 Å². The van der Waals surface area contributed by atoms with Gasteiger partial charge in [0.15, 0.2) is 6.29 Å². The molecule has 0 saturated carbocycles. The molecule has 1 N–H and O–H groups in total. The maximum atomic E-state index is 14.0. The van der Waals surface area contributed by atoms with Gasteiger partial charge in [0.05, 0.1) is 22.7 Å². The van der Waals surface area contributed by atoms with E-state index < -0.39 is 11.4 Å². The third-order valence-corrected chi connectivity index (χ3v) is 4.09. The highest BCUT2D eigenvalue weighted by Crippen LogP contribution is 2.31. The molecule has 1 fully saturated rings. The second kappa shape index (κ2) is 4.69. The molecule has 1 unspecified atom stereocenters. The number of carbonyl (C=O) groups excluding carboxylic acids is 2. The van der Waals surface area contributed by atoms with Crippen LogP contribution in [0.15, 0.2) is 24.3 Å². The Labute approximate surface area is 122 Å². The van der Waals surface area contributed by atoms with Gasteiger partial charge in [-0.1, -0.05) is 12.2 Å². The van der Waals surface area contributed by atoms with E-state index in [2.05, 4.69) is 5.32 Å². The molecule has 2 bridgehead atoms. The lowest BCUT2D eigenvalue weighted by atomic mass is 9.95. The van der Waals surface area contributed by atoms with Gasteiger partial charge in [-0.25, -0.2) is 4.39 Å². The first-order valence-corrected chi connectivity index (χ1v) is 6.93. The molecule has 0 spiro atoms.